The van der Waals surface area contributed by atoms with Crippen LogP contribution in [0.2, 0.25) is 0 Å². The quantitative estimate of drug-likeness (QED) is 0.720. The summed E-state index contributed by atoms with van der Waals surface area (Å²) in [4.78, 5) is 36.8. The maximum absolute atomic E-state index is 12.3. The third-order valence-corrected chi connectivity index (χ3v) is 4.77. The monoisotopic (exact) mass is 369 g/mol. The lowest BCUT2D eigenvalue weighted by Gasteiger charge is -2.43. The number of H-pyrrole nitrogens is 1. The summed E-state index contributed by atoms with van der Waals surface area (Å²) in [5.41, 5.74) is 1.60. The van der Waals surface area contributed by atoms with Crippen LogP contribution in [0.5, 0.6) is 5.88 Å². The number of aromatic nitrogens is 3. The number of anilines is 1. The van der Waals surface area contributed by atoms with Crippen molar-refractivity contribution in [1.82, 2.24) is 19.9 Å². The Morgan fingerprint density at radius 3 is 2.96 bits per heavy atom. The molecule has 0 radical (unpaired) electrons. The van der Waals surface area contributed by atoms with Crippen LogP contribution >= 0.6 is 0 Å². The van der Waals surface area contributed by atoms with Gasteiger partial charge in [0.25, 0.3) is 5.56 Å². The van der Waals surface area contributed by atoms with Gasteiger partial charge in [-0.15, -0.1) is 0 Å². The van der Waals surface area contributed by atoms with Gasteiger partial charge >= 0.3 is 0 Å². The summed E-state index contributed by atoms with van der Waals surface area (Å²) >= 11 is 0. The van der Waals surface area contributed by atoms with Gasteiger partial charge in [-0.1, -0.05) is 13.5 Å². The van der Waals surface area contributed by atoms with Crippen LogP contribution in [0, 0.1) is 5.92 Å². The van der Waals surface area contributed by atoms with Crippen LogP contribution in [0.25, 0.3) is 11.3 Å². The van der Waals surface area contributed by atoms with Crippen molar-refractivity contribution in [2.24, 2.45) is 5.92 Å². The van der Waals surface area contributed by atoms with E-state index in [1.54, 1.807) is 23.4 Å². The third kappa shape index (κ3) is 3.99. The van der Waals surface area contributed by atoms with Crippen LogP contribution in [0.3, 0.4) is 0 Å². The Morgan fingerprint density at radius 1 is 1.52 bits per heavy atom. The number of rotatable bonds is 7. The summed E-state index contributed by atoms with van der Waals surface area (Å²) in [6.45, 7) is 6.89. The van der Waals surface area contributed by atoms with E-state index in [1.165, 1.54) is 19.4 Å². The normalized spacial score (nSPS) is 15.0. The van der Waals surface area contributed by atoms with Crippen LogP contribution in [0.4, 0.5) is 5.69 Å². The number of methoxy groups -OCH3 is 1. The van der Waals surface area contributed by atoms with E-state index in [2.05, 4.69) is 33.8 Å². The highest BCUT2D eigenvalue weighted by Crippen LogP contribution is 2.25. The number of pyridine rings is 1. The fourth-order valence-electron chi connectivity index (χ4n) is 3.15. The van der Waals surface area contributed by atoms with E-state index in [-0.39, 0.29) is 17.5 Å². The van der Waals surface area contributed by atoms with E-state index in [1.807, 2.05) is 0 Å². The number of carbonyl (C=O) groups excluding carboxylic acids is 1. The molecule has 0 aliphatic carbocycles. The smallest absolute Gasteiger partial charge is 0.271 e. The SMILES string of the molecule is C=CC(=O)N1CC(C(CC)Nc2cc(-c3cncc(OC)n3)c[nH]c2=O)C1. The van der Waals surface area contributed by atoms with Gasteiger partial charge in [0.2, 0.25) is 11.8 Å². The minimum Gasteiger partial charge on any atom is -0.480 e. The second-order valence-corrected chi connectivity index (χ2v) is 6.44. The summed E-state index contributed by atoms with van der Waals surface area (Å²) < 4.78 is 5.10. The third-order valence-electron chi connectivity index (χ3n) is 4.77. The molecule has 1 aliphatic rings. The van der Waals surface area contributed by atoms with Gasteiger partial charge in [-0.05, 0) is 18.6 Å². The minimum absolute atomic E-state index is 0.0578. The molecule has 2 N–H and O–H groups in total. The van der Waals surface area contributed by atoms with E-state index in [9.17, 15) is 9.59 Å². The lowest BCUT2D eigenvalue weighted by atomic mass is 9.89. The molecule has 3 rings (SSSR count). The van der Waals surface area contributed by atoms with Crippen molar-refractivity contribution in [2.75, 3.05) is 25.5 Å². The van der Waals surface area contributed by atoms with Gasteiger partial charge in [0.05, 0.1) is 25.2 Å². The highest BCUT2D eigenvalue weighted by Gasteiger charge is 2.34. The zero-order valence-corrected chi connectivity index (χ0v) is 15.4. The van der Waals surface area contributed by atoms with Gasteiger partial charge < -0.3 is 19.9 Å². The molecule has 1 atom stereocenters. The number of hydrogen-bond acceptors (Lipinski definition) is 6. The molecule has 0 bridgehead atoms. The minimum atomic E-state index is -0.202. The van der Waals surface area contributed by atoms with E-state index >= 15 is 0 Å². The van der Waals surface area contributed by atoms with E-state index < -0.39 is 0 Å². The number of likely N-dealkylation sites (tertiary alicyclic amines) is 1. The zero-order valence-electron chi connectivity index (χ0n) is 15.4. The summed E-state index contributed by atoms with van der Waals surface area (Å²) in [5, 5.41) is 3.33. The molecule has 2 aromatic heterocycles. The Morgan fingerprint density at radius 2 is 2.30 bits per heavy atom. The van der Waals surface area contributed by atoms with Crippen molar-refractivity contribution in [3.8, 4) is 17.1 Å². The maximum Gasteiger partial charge on any atom is 0.271 e. The molecule has 2 aromatic rings. The van der Waals surface area contributed by atoms with Crippen molar-refractivity contribution in [3.63, 3.8) is 0 Å². The molecule has 142 valence electrons. The lowest BCUT2D eigenvalue weighted by Crippen LogP contribution is -2.55. The molecule has 8 heteroatoms. The first-order valence-electron chi connectivity index (χ1n) is 8.82. The number of ether oxygens (including phenoxy) is 1. The molecule has 0 spiro atoms. The van der Waals surface area contributed by atoms with Crippen molar-refractivity contribution in [3.05, 3.63) is 47.7 Å². The summed E-state index contributed by atoms with van der Waals surface area (Å²) in [5.74, 6) is 0.636. The van der Waals surface area contributed by atoms with Crippen LogP contribution in [-0.4, -0.2) is 52.0 Å². The lowest BCUT2D eigenvalue weighted by molar-refractivity contribution is -0.132. The number of aromatic amines is 1. The van der Waals surface area contributed by atoms with Gasteiger partial charge in [0.15, 0.2) is 0 Å². The molecule has 0 aromatic carbocycles. The predicted octanol–water partition coefficient (Wildman–Crippen LogP) is 1.68. The van der Waals surface area contributed by atoms with Crippen molar-refractivity contribution in [1.29, 1.82) is 0 Å². The fourth-order valence-corrected chi connectivity index (χ4v) is 3.15. The molecule has 3 heterocycles. The Hall–Kier alpha value is -3.16. The van der Waals surface area contributed by atoms with Gasteiger partial charge in [-0.25, -0.2) is 4.98 Å². The number of nitrogens with zero attached hydrogens (tertiary/aromatic N) is 3. The van der Waals surface area contributed by atoms with Gasteiger partial charge in [0.1, 0.15) is 5.69 Å². The summed E-state index contributed by atoms with van der Waals surface area (Å²) in [7, 11) is 1.53. The number of carbonyl (C=O) groups is 1. The molecular weight excluding hydrogens is 346 g/mol. The van der Waals surface area contributed by atoms with Crippen molar-refractivity contribution >= 4 is 11.6 Å². The first kappa shape index (κ1) is 18.6. The molecule has 0 saturated carbocycles. The Bertz CT molecular complexity index is 889. The molecule has 27 heavy (non-hydrogen) atoms. The Labute approximate surface area is 157 Å². The number of amides is 1. The maximum atomic E-state index is 12.3. The first-order chi connectivity index (χ1) is 13.0. The molecule has 1 unspecified atom stereocenters. The number of hydrogen-bond donors (Lipinski definition) is 2. The first-order valence-corrected chi connectivity index (χ1v) is 8.82. The van der Waals surface area contributed by atoms with Gasteiger partial charge in [-0.2, -0.15) is 0 Å². The van der Waals surface area contributed by atoms with Crippen LogP contribution in [0.15, 0.2) is 42.1 Å². The average Bonchev–Trinajstić information content (AvgIpc) is 2.67. The number of nitrogens with one attached hydrogen (secondary N) is 2. The molecule has 8 nitrogen and oxygen atoms in total. The Balaban J connectivity index is 1.77. The van der Waals surface area contributed by atoms with E-state index in [0.717, 1.165) is 12.0 Å². The largest absolute Gasteiger partial charge is 0.480 e. The van der Waals surface area contributed by atoms with Crippen LogP contribution in [-0.2, 0) is 4.79 Å². The summed E-state index contributed by atoms with van der Waals surface area (Å²) in [6.07, 6.45) is 6.90. The molecule has 1 saturated heterocycles. The second-order valence-electron chi connectivity index (χ2n) is 6.44. The summed E-state index contributed by atoms with van der Waals surface area (Å²) in [6, 6.07) is 1.85. The highest BCUT2D eigenvalue weighted by molar-refractivity contribution is 5.87. The van der Waals surface area contributed by atoms with E-state index in [0.29, 0.717) is 36.3 Å². The molecule has 1 amide bonds. The van der Waals surface area contributed by atoms with Crippen molar-refractivity contribution < 1.29 is 9.53 Å². The molecular formula is C19H23N5O3. The van der Waals surface area contributed by atoms with Crippen LogP contribution in [0.1, 0.15) is 13.3 Å². The fraction of sp³-hybridized carbons (Fsp3) is 0.368. The topological polar surface area (TPSA) is 100 Å². The van der Waals surface area contributed by atoms with Gasteiger partial charge in [0, 0.05) is 36.8 Å². The van der Waals surface area contributed by atoms with Crippen molar-refractivity contribution in [2.45, 2.75) is 19.4 Å². The Kier molecular flexibility index (Phi) is 5.54. The second kappa shape index (κ2) is 8.03. The molecule has 1 aliphatic heterocycles. The molecule has 1 fully saturated rings. The van der Waals surface area contributed by atoms with E-state index in [4.69, 9.17) is 4.74 Å². The standard InChI is InChI=1S/C19H23N5O3/c1-4-14(13-10-24(11-13)18(25)5-2)22-15-6-12(7-21-19(15)26)16-8-20-9-17(23-16)27-3/h5-9,13-14,22H,2,4,10-11H2,1,3H3,(H,21,26). The zero-order chi connectivity index (χ0) is 19.4. The highest BCUT2D eigenvalue weighted by atomic mass is 16.5. The van der Waals surface area contributed by atoms with Gasteiger partial charge in [-0.3, -0.25) is 14.6 Å². The predicted molar refractivity (Wildman–Crippen MR) is 103 cm³/mol. The van der Waals surface area contributed by atoms with Crippen LogP contribution < -0.4 is 15.6 Å². The average molecular weight is 369 g/mol.